The molecular weight excluding hydrogens is 613 g/mol. The van der Waals surface area contributed by atoms with E-state index in [4.69, 9.17) is 4.43 Å². The van der Waals surface area contributed by atoms with Crippen LogP contribution in [0.4, 0.5) is 8.78 Å². The highest BCUT2D eigenvalue weighted by molar-refractivity contribution is 6.99. The van der Waals surface area contributed by atoms with Crippen molar-refractivity contribution in [1.29, 1.82) is 0 Å². The SMILES string of the molecule is CC(C)(C)[Si](OCCN1CCN(C(=O)c2ccc(-c3cc4c(F)cc(F)cc4c(=O)[nH]3)cc2)CC1)(c1ccccc1)c1ccccc1. The fourth-order valence-electron chi connectivity index (χ4n) is 6.68. The molecule has 9 heteroatoms. The summed E-state index contributed by atoms with van der Waals surface area (Å²) in [4.78, 5) is 32.8. The molecule has 2 heterocycles. The number of benzene rings is 4. The van der Waals surface area contributed by atoms with Crippen LogP contribution in [0.5, 0.6) is 0 Å². The summed E-state index contributed by atoms with van der Waals surface area (Å²) in [6, 6.07) is 31.4. The van der Waals surface area contributed by atoms with Crippen LogP contribution in [0.15, 0.2) is 108 Å². The summed E-state index contributed by atoms with van der Waals surface area (Å²) in [5.74, 6) is -1.67. The number of fused-ring (bicyclic) bond motifs is 1. The number of aromatic amines is 1. The second-order valence-electron chi connectivity index (χ2n) is 13.1. The zero-order valence-electron chi connectivity index (χ0n) is 26.9. The Balaban J connectivity index is 1.09. The molecule has 0 radical (unpaired) electrons. The van der Waals surface area contributed by atoms with Gasteiger partial charge in [-0.25, -0.2) is 8.78 Å². The monoisotopic (exact) mass is 651 g/mol. The number of nitrogens with one attached hydrogen (secondary N) is 1. The largest absolute Gasteiger partial charge is 0.406 e. The highest BCUT2D eigenvalue weighted by atomic mass is 28.4. The van der Waals surface area contributed by atoms with Crippen molar-refractivity contribution in [3.05, 3.63) is 131 Å². The number of pyridine rings is 1. The van der Waals surface area contributed by atoms with Gasteiger partial charge in [0.15, 0.2) is 0 Å². The first-order valence-corrected chi connectivity index (χ1v) is 17.9. The number of nitrogens with zero attached hydrogens (tertiary/aromatic N) is 2. The molecule has 1 fully saturated rings. The Hall–Kier alpha value is -4.44. The minimum Gasteiger partial charge on any atom is -0.406 e. The van der Waals surface area contributed by atoms with Gasteiger partial charge in [0.2, 0.25) is 0 Å². The molecule has 1 aromatic heterocycles. The maximum absolute atomic E-state index is 14.4. The van der Waals surface area contributed by atoms with Crippen LogP contribution in [0.3, 0.4) is 0 Å². The molecule has 0 saturated carbocycles. The van der Waals surface area contributed by atoms with E-state index in [-0.39, 0.29) is 21.7 Å². The van der Waals surface area contributed by atoms with E-state index < -0.39 is 25.5 Å². The zero-order valence-corrected chi connectivity index (χ0v) is 27.9. The van der Waals surface area contributed by atoms with Crippen LogP contribution in [-0.4, -0.2) is 68.3 Å². The van der Waals surface area contributed by atoms with Crippen LogP contribution in [0.2, 0.25) is 5.04 Å². The standard InChI is InChI=1S/C38H39F2N3O3Si/c1-38(2,3)47(30-10-6-4-7-11-30,31-12-8-5-9-13-31)46-23-22-42-18-20-43(21-19-42)37(45)28-16-14-27(15-17-28)35-26-32-33(36(44)41-35)24-29(39)25-34(32)40/h4-17,24-26H,18-23H2,1-3H3,(H,41,44). The molecule has 6 rings (SSSR count). The molecule has 0 unspecified atom stereocenters. The summed E-state index contributed by atoms with van der Waals surface area (Å²) < 4.78 is 35.1. The average molecular weight is 652 g/mol. The van der Waals surface area contributed by atoms with Gasteiger partial charge in [-0.2, -0.15) is 0 Å². The van der Waals surface area contributed by atoms with Gasteiger partial charge >= 0.3 is 0 Å². The maximum atomic E-state index is 14.4. The topological polar surface area (TPSA) is 65.6 Å². The van der Waals surface area contributed by atoms with E-state index in [1.807, 2.05) is 17.0 Å². The molecule has 0 aliphatic carbocycles. The maximum Gasteiger partial charge on any atom is 0.261 e. The Morgan fingerprint density at radius 1 is 0.809 bits per heavy atom. The Morgan fingerprint density at radius 3 is 1.98 bits per heavy atom. The molecule has 242 valence electrons. The van der Waals surface area contributed by atoms with Gasteiger partial charge < -0.3 is 14.3 Å². The molecule has 6 nitrogen and oxygen atoms in total. The molecule has 0 atom stereocenters. The highest BCUT2D eigenvalue weighted by Gasteiger charge is 2.50. The van der Waals surface area contributed by atoms with Crippen molar-refractivity contribution in [2.24, 2.45) is 0 Å². The number of piperazine rings is 1. The molecule has 5 aromatic rings. The Kier molecular flexibility index (Phi) is 9.23. The predicted octanol–water partition coefficient (Wildman–Crippen LogP) is 5.81. The van der Waals surface area contributed by atoms with E-state index in [0.717, 1.165) is 31.8 Å². The van der Waals surface area contributed by atoms with E-state index in [0.29, 0.717) is 36.5 Å². The lowest BCUT2D eigenvalue weighted by Crippen LogP contribution is -2.67. The summed E-state index contributed by atoms with van der Waals surface area (Å²) in [5, 5.41) is 2.42. The molecule has 1 N–H and O–H groups in total. The van der Waals surface area contributed by atoms with Crippen molar-refractivity contribution in [2.75, 3.05) is 39.3 Å². The summed E-state index contributed by atoms with van der Waals surface area (Å²) in [6.07, 6.45) is 0. The number of halogens is 2. The molecule has 1 aliphatic heterocycles. The van der Waals surface area contributed by atoms with E-state index >= 15 is 0 Å². The number of carbonyl (C=O) groups is 1. The van der Waals surface area contributed by atoms with Gasteiger partial charge in [-0.3, -0.25) is 14.5 Å². The van der Waals surface area contributed by atoms with Gasteiger partial charge in [0, 0.05) is 62.0 Å². The van der Waals surface area contributed by atoms with Crippen LogP contribution in [0, 0.1) is 11.6 Å². The first-order valence-electron chi connectivity index (χ1n) is 16.0. The highest BCUT2D eigenvalue weighted by Crippen LogP contribution is 2.36. The third kappa shape index (κ3) is 6.56. The first-order chi connectivity index (χ1) is 22.6. The van der Waals surface area contributed by atoms with Crippen LogP contribution in [-0.2, 0) is 4.43 Å². The molecule has 1 aliphatic rings. The van der Waals surface area contributed by atoms with Crippen LogP contribution >= 0.6 is 0 Å². The quantitative estimate of drug-likeness (QED) is 0.215. The Labute approximate surface area is 274 Å². The number of H-pyrrole nitrogens is 1. The molecule has 1 amide bonds. The van der Waals surface area contributed by atoms with E-state index in [1.165, 1.54) is 16.4 Å². The number of amides is 1. The zero-order chi connectivity index (χ0) is 33.2. The summed E-state index contributed by atoms with van der Waals surface area (Å²) in [7, 11) is -2.61. The van der Waals surface area contributed by atoms with Gasteiger partial charge in [-0.1, -0.05) is 93.6 Å². The lowest BCUT2D eigenvalue weighted by atomic mass is 10.0. The Bertz CT molecular complexity index is 1880. The lowest BCUT2D eigenvalue weighted by molar-refractivity contribution is 0.0618. The average Bonchev–Trinajstić information content (AvgIpc) is 3.07. The summed E-state index contributed by atoms with van der Waals surface area (Å²) >= 11 is 0. The number of rotatable bonds is 8. The normalized spacial score (nSPS) is 14.4. The second kappa shape index (κ2) is 13.3. The van der Waals surface area contributed by atoms with Crippen molar-refractivity contribution in [1.82, 2.24) is 14.8 Å². The van der Waals surface area contributed by atoms with Crippen molar-refractivity contribution < 1.29 is 18.0 Å². The third-order valence-corrected chi connectivity index (χ3v) is 14.2. The molecule has 0 bridgehead atoms. The van der Waals surface area contributed by atoms with E-state index in [9.17, 15) is 18.4 Å². The van der Waals surface area contributed by atoms with Gasteiger partial charge in [-0.05, 0) is 45.2 Å². The summed E-state index contributed by atoms with van der Waals surface area (Å²) in [5.41, 5.74) is 0.968. The number of hydrogen-bond donors (Lipinski definition) is 1. The molecule has 0 spiro atoms. The van der Waals surface area contributed by atoms with Crippen molar-refractivity contribution in [3.8, 4) is 11.3 Å². The minimum absolute atomic E-state index is 0.0418. The third-order valence-electron chi connectivity index (χ3n) is 9.12. The summed E-state index contributed by atoms with van der Waals surface area (Å²) in [6.45, 7) is 10.9. The predicted molar refractivity (Wildman–Crippen MR) is 186 cm³/mol. The van der Waals surface area contributed by atoms with Gasteiger partial charge in [0.05, 0.1) is 5.39 Å². The van der Waals surface area contributed by atoms with E-state index in [1.54, 1.807) is 24.3 Å². The number of aromatic nitrogens is 1. The number of carbonyl (C=O) groups excluding carboxylic acids is 1. The second-order valence-corrected chi connectivity index (χ2v) is 17.4. The van der Waals surface area contributed by atoms with Gasteiger partial charge in [-0.15, -0.1) is 0 Å². The molecular formula is C38H39F2N3O3Si. The molecule has 4 aromatic carbocycles. The van der Waals surface area contributed by atoms with Crippen LogP contribution in [0.1, 0.15) is 31.1 Å². The smallest absolute Gasteiger partial charge is 0.261 e. The molecule has 1 saturated heterocycles. The molecule has 47 heavy (non-hydrogen) atoms. The van der Waals surface area contributed by atoms with Gasteiger partial charge in [0.1, 0.15) is 11.6 Å². The van der Waals surface area contributed by atoms with Crippen molar-refractivity contribution >= 4 is 35.4 Å². The minimum atomic E-state index is -2.61. The van der Waals surface area contributed by atoms with Crippen molar-refractivity contribution in [3.63, 3.8) is 0 Å². The van der Waals surface area contributed by atoms with Crippen LogP contribution < -0.4 is 15.9 Å². The van der Waals surface area contributed by atoms with E-state index in [2.05, 4.69) is 79.2 Å². The van der Waals surface area contributed by atoms with Gasteiger partial charge in [0.25, 0.3) is 19.8 Å². The fourth-order valence-corrected chi connectivity index (χ4v) is 11.2. The van der Waals surface area contributed by atoms with Crippen molar-refractivity contribution in [2.45, 2.75) is 25.8 Å². The Morgan fingerprint density at radius 2 is 1.40 bits per heavy atom. The lowest BCUT2D eigenvalue weighted by Gasteiger charge is -2.43. The number of hydrogen-bond acceptors (Lipinski definition) is 4. The first kappa shape index (κ1) is 32.5. The fraction of sp³-hybridized carbons (Fsp3) is 0.263. The van der Waals surface area contributed by atoms with Crippen LogP contribution in [0.25, 0.3) is 22.0 Å².